The van der Waals surface area contributed by atoms with Crippen molar-refractivity contribution in [2.24, 2.45) is 5.92 Å². The Bertz CT molecular complexity index is 1230. The molecule has 0 saturated carbocycles. The summed E-state index contributed by atoms with van der Waals surface area (Å²) in [6.45, 7) is 4.26. The van der Waals surface area contributed by atoms with E-state index in [-0.39, 0.29) is 17.4 Å². The fourth-order valence-electron chi connectivity index (χ4n) is 4.38. The Hall–Kier alpha value is -3.48. The Morgan fingerprint density at radius 3 is 2.38 bits per heavy atom. The zero-order valence-corrected chi connectivity index (χ0v) is 19.0. The number of carbonyl (C=O) groups is 1. The van der Waals surface area contributed by atoms with Crippen LogP contribution in [0.4, 0.5) is 0 Å². The van der Waals surface area contributed by atoms with Crippen molar-refractivity contribution in [2.45, 2.75) is 26.3 Å². The van der Waals surface area contributed by atoms with Gasteiger partial charge in [-0.25, -0.2) is 0 Å². The van der Waals surface area contributed by atoms with E-state index in [1.54, 1.807) is 32.3 Å². The normalized spacial score (nSPS) is 15.6. The molecule has 0 unspecified atom stereocenters. The number of aromatic nitrogens is 1. The van der Waals surface area contributed by atoms with E-state index in [9.17, 15) is 9.59 Å². The summed E-state index contributed by atoms with van der Waals surface area (Å²) in [6, 6.07) is 10.6. The third-order valence-corrected chi connectivity index (χ3v) is 6.03. The largest absolute Gasteiger partial charge is 0.497 e. The van der Waals surface area contributed by atoms with E-state index in [1.165, 1.54) is 0 Å². The molecule has 168 valence electrons. The molecule has 0 bridgehead atoms. The number of ether oxygens (including phenoxy) is 3. The number of fused-ring (bicyclic) bond motifs is 2. The Morgan fingerprint density at radius 1 is 1.00 bits per heavy atom. The molecule has 2 aromatic carbocycles. The predicted molar refractivity (Wildman–Crippen MR) is 123 cm³/mol. The van der Waals surface area contributed by atoms with Crippen molar-refractivity contribution in [3.05, 3.63) is 63.4 Å². The van der Waals surface area contributed by atoms with Crippen LogP contribution in [0.1, 0.15) is 36.6 Å². The Kier molecular flexibility index (Phi) is 5.82. The second kappa shape index (κ2) is 8.57. The molecular formula is C25H28N2O5. The van der Waals surface area contributed by atoms with Gasteiger partial charge in [-0.05, 0) is 53.9 Å². The third kappa shape index (κ3) is 3.68. The number of pyridine rings is 1. The molecule has 7 heteroatoms. The van der Waals surface area contributed by atoms with Crippen LogP contribution in [-0.4, -0.2) is 43.7 Å². The fourth-order valence-corrected chi connectivity index (χ4v) is 4.38. The van der Waals surface area contributed by atoms with Gasteiger partial charge in [-0.1, -0.05) is 13.8 Å². The highest BCUT2D eigenvalue weighted by molar-refractivity contribution is 5.82. The summed E-state index contributed by atoms with van der Waals surface area (Å²) in [7, 11) is 4.78. The van der Waals surface area contributed by atoms with Crippen molar-refractivity contribution in [3.63, 3.8) is 0 Å². The number of H-pyrrole nitrogens is 1. The van der Waals surface area contributed by atoms with Crippen molar-refractivity contribution in [1.82, 2.24) is 9.88 Å². The summed E-state index contributed by atoms with van der Waals surface area (Å²) in [6.07, 6.45) is 0.671. The lowest BCUT2D eigenvalue weighted by atomic mass is 9.87. The minimum absolute atomic E-state index is 0.000532. The zero-order chi connectivity index (χ0) is 23.0. The number of amides is 1. The van der Waals surface area contributed by atoms with Gasteiger partial charge in [0.1, 0.15) is 5.75 Å². The number of hydrogen-bond donors (Lipinski definition) is 1. The third-order valence-electron chi connectivity index (χ3n) is 6.03. The SMILES string of the molecule is COc1ccc2[nH]c(=O)c([C@@H]3c4cc(OC)c(OC)cc4CCN3C(=O)C(C)C)cc2c1. The molecule has 0 saturated heterocycles. The highest BCUT2D eigenvalue weighted by Gasteiger charge is 2.35. The monoisotopic (exact) mass is 436 g/mol. The lowest BCUT2D eigenvalue weighted by Gasteiger charge is -2.38. The van der Waals surface area contributed by atoms with E-state index in [1.807, 2.05) is 44.2 Å². The highest BCUT2D eigenvalue weighted by atomic mass is 16.5. The van der Waals surface area contributed by atoms with E-state index in [2.05, 4.69) is 4.98 Å². The first-order valence-corrected chi connectivity index (χ1v) is 10.6. The number of nitrogens with zero attached hydrogens (tertiary/aromatic N) is 1. The van der Waals surface area contributed by atoms with E-state index in [4.69, 9.17) is 14.2 Å². The van der Waals surface area contributed by atoms with Crippen LogP contribution in [0.3, 0.4) is 0 Å². The average molecular weight is 437 g/mol. The number of rotatable bonds is 5. The molecule has 4 rings (SSSR count). The molecule has 1 aliphatic heterocycles. The lowest BCUT2D eigenvalue weighted by molar-refractivity contribution is -0.136. The smallest absolute Gasteiger partial charge is 0.254 e. The standard InChI is InChI=1S/C25H28N2O5/c1-14(2)25(29)27-9-8-15-12-21(31-4)22(32-5)13-18(15)23(27)19-11-16-10-17(30-3)6-7-20(16)26-24(19)28/h6-7,10-14,23H,8-9H2,1-5H3,(H,26,28)/t23-/m0/s1. The van der Waals surface area contributed by atoms with Gasteiger partial charge >= 0.3 is 0 Å². The topological polar surface area (TPSA) is 80.9 Å². The Labute approximate surface area is 186 Å². The molecule has 1 amide bonds. The molecule has 7 nitrogen and oxygen atoms in total. The van der Waals surface area contributed by atoms with Gasteiger partial charge in [-0.3, -0.25) is 9.59 Å². The second-order valence-electron chi connectivity index (χ2n) is 8.25. The molecule has 0 radical (unpaired) electrons. The number of nitrogens with one attached hydrogen (secondary N) is 1. The van der Waals surface area contributed by atoms with Gasteiger partial charge in [-0.2, -0.15) is 0 Å². The molecule has 1 N–H and O–H groups in total. The summed E-state index contributed by atoms with van der Waals surface area (Å²) in [5, 5.41) is 0.837. The molecule has 0 aliphatic carbocycles. The van der Waals surface area contributed by atoms with Crippen LogP contribution in [0.2, 0.25) is 0 Å². The van der Waals surface area contributed by atoms with Gasteiger partial charge < -0.3 is 24.1 Å². The van der Waals surface area contributed by atoms with Crippen molar-refractivity contribution in [2.75, 3.05) is 27.9 Å². The summed E-state index contributed by atoms with van der Waals surface area (Å²) >= 11 is 0. The summed E-state index contributed by atoms with van der Waals surface area (Å²) in [4.78, 5) is 31.2. The molecule has 0 fully saturated rings. The van der Waals surface area contributed by atoms with Gasteiger partial charge in [0.25, 0.3) is 5.56 Å². The van der Waals surface area contributed by atoms with Gasteiger partial charge in [0.2, 0.25) is 5.91 Å². The van der Waals surface area contributed by atoms with Gasteiger partial charge in [0.15, 0.2) is 11.5 Å². The van der Waals surface area contributed by atoms with Crippen LogP contribution in [0.5, 0.6) is 17.2 Å². The van der Waals surface area contributed by atoms with Crippen molar-refractivity contribution >= 4 is 16.8 Å². The zero-order valence-electron chi connectivity index (χ0n) is 19.0. The molecule has 1 aliphatic rings. The predicted octanol–water partition coefficient (Wildman–Crippen LogP) is 3.68. The lowest BCUT2D eigenvalue weighted by Crippen LogP contribution is -2.44. The maximum Gasteiger partial charge on any atom is 0.254 e. The van der Waals surface area contributed by atoms with Crippen LogP contribution in [-0.2, 0) is 11.2 Å². The van der Waals surface area contributed by atoms with Crippen molar-refractivity contribution in [3.8, 4) is 17.2 Å². The molecule has 0 spiro atoms. The second-order valence-corrected chi connectivity index (χ2v) is 8.25. The van der Waals surface area contributed by atoms with Crippen LogP contribution in [0, 0.1) is 5.92 Å². The first kappa shape index (κ1) is 21.7. The minimum Gasteiger partial charge on any atom is -0.497 e. The maximum atomic E-state index is 13.2. The maximum absolute atomic E-state index is 13.2. The molecule has 2 heterocycles. The van der Waals surface area contributed by atoms with Crippen LogP contribution in [0.15, 0.2) is 41.2 Å². The molecule has 1 aromatic heterocycles. The van der Waals surface area contributed by atoms with Crippen molar-refractivity contribution < 1.29 is 19.0 Å². The minimum atomic E-state index is -0.534. The summed E-state index contributed by atoms with van der Waals surface area (Å²) in [5.41, 5.74) is 2.90. The number of aromatic amines is 1. The van der Waals surface area contributed by atoms with Crippen LogP contribution in [0.25, 0.3) is 10.9 Å². The fraction of sp³-hybridized carbons (Fsp3) is 0.360. The first-order chi connectivity index (χ1) is 15.4. The molecule has 1 atom stereocenters. The Morgan fingerprint density at radius 2 is 1.72 bits per heavy atom. The number of benzene rings is 2. The number of hydrogen-bond acceptors (Lipinski definition) is 5. The van der Waals surface area contributed by atoms with E-state index >= 15 is 0 Å². The van der Waals surface area contributed by atoms with Crippen LogP contribution < -0.4 is 19.8 Å². The Balaban J connectivity index is 1.97. The van der Waals surface area contributed by atoms with Crippen molar-refractivity contribution in [1.29, 1.82) is 0 Å². The van der Waals surface area contributed by atoms with Gasteiger partial charge in [-0.15, -0.1) is 0 Å². The van der Waals surface area contributed by atoms with Gasteiger partial charge in [0, 0.05) is 28.9 Å². The van der Waals surface area contributed by atoms with E-state index in [0.717, 1.165) is 16.5 Å². The molecule has 32 heavy (non-hydrogen) atoms. The number of methoxy groups -OCH3 is 3. The highest BCUT2D eigenvalue weighted by Crippen LogP contribution is 2.41. The van der Waals surface area contributed by atoms with E-state index in [0.29, 0.717) is 41.3 Å². The number of carbonyl (C=O) groups excluding carboxylic acids is 1. The van der Waals surface area contributed by atoms with Gasteiger partial charge in [0.05, 0.1) is 27.4 Å². The quantitative estimate of drug-likeness (QED) is 0.660. The summed E-state index contributed by atoms with van der Waals surface area (Å²) < 4.78 is 16.4. The molecular weight excluding hydrogens is 408 g/mol. The first-order valence-electron chi connectivity index (χ1n) is 10.6. The van der Waals surface area contributed by atoms with E-state index < -0.39 is 6.04 Å². The summed E-state index contributed by atoms with van der Waals surface area (Å²) in [5.74, 6) is 1.69. The van der Waals surface area contributed by atoms with Crippen LogP contribution >= 0.6 is 0 Å². The molecule has 3 aromatic rings. The average Bonchev–Trinajstić information content (AvgIpc) is 2.81.